The summed E-state index contributed by atoms with van der Waals surface area (Å²) in [4.78, 5) is 39.0. The molecule has 3 amide bonds. The van der Waals surface area contributed by atoms with Crippen LogP contribution in [0.3, 0.4) is 0 Å². The summed E-state index contributed by atoms with van der Waals surface area (Å²) in [5, 5.41) is 9.83. The molecular formula is C27H33ClN4O3. The highest BCUT2D eigenvalue weighted by Crippen LogP contribution is 2.26. The SMILES string of the molecule is CC(=O)c1cccc(NC(=O)N[C@@H]2CCCC[C@H]2CN2CC(=O)N[C@@H](Cc3ccc(Cl)cc3)C2)c1. The van der Waals surface area contributed by atoms with Crippen LogP contribution in [0.1, 0.15) is 48.5 Å². The molecule has 1 saturated heterocycles. The predicted octanol–water partition coefficient (Wildman–Crippen LogP) is 4.27. The number of piperazine rings is 1. The Bertz CT molecular complexity index is 1060. The molecule has 186 valence electrons. The van der Waals surface area contributed by atoms with Crippen molar-refractivity contribution in [1.29, 1.82) is 0 Å². The number of urea groups is 1. The van der Waals surface area contributed by atoms with E-state index in [9.17, 15) is 14.4 Å². The van der Waals surface area contributed by atoms with Crippen LogP contribution in [0.5, 0.6) is 0 Å². The van der Waals surface area contributed by atoms with Gasteiger partial charge < -0.3 is 16.0 Å². The molecule has 1 aliphatic carbocycles. The molecule has 3 N–H and O–H groups in total. The number of anilines is 1. The van der Waals surface area contributed by atoms with E-state index in [0.717, 1.165) is 50.8 Å². The largest absolute Gasteiger partial charge is 0.351 e. The van der Waals surface area contributed by atoms with E-state index in [0.29, 0.717) is 22.8 Å². The van der Waals surface area contributed by atoms with E-state index >= 15 is 0 Å². The number of carbonyl (C=O) groups excluding carboxylic acids is 3. The number of amides is 3. The van der Waals surface area contributed by atoms with Gasteiger partial charge in [-0.25, -0.2) is 4.79 Å². The predicted molar refractivity (Wildman–Crippen MR) is 138 cm³/mol. The molecule has 0 spiro atoms. The molecule has 2 aromatic rings. The lowest BCUT2D eigenvalue weighted by Gasteiger charge is -2.39. The molecule has 35 heavy (non-hydrogen) atoms. The molecule has 0 radical (unpaired) electrons. The van der Waals surface area contributed by atoms with E-state index in [2.05, 4.69) is 20.9 Å². The zero-order valence-electron chi connectivity index (χ0n) is 20.1. The van der Waals surface area contributed by atoms with Crippen LogP contribution in [0.25, 0.3) is 0 Å². The molecule has 0 bridgehead atoms. The van der Waals surface area contributed by atoms with Crippen molar-refractivity contribution < 1.29 is 14.4 Å². The number of nitrogens with zero attached hydrogens (tertiary/aromatic N) is 1. The molecule has 3 atom stereocenters. The van der Waals surface area contributed by atoms with Gasteiger partial charge in [0.15, 0.2) is 5.78 Å². The Balaban J connectivity index is 1.34. The Morgan fingerprint density at radius 3 is 2.66 bits per heavy atom. The number of benzene rings is 2. The average Bonchev–Trinajstić information content (AvgIpc) is 2.81. The van der Waals surface area contributed by atoms with Crippen LogP contribution in [0.4, 0.5) is 10.5 Å². The third kappa shape index (κ3) is 7.29. The second kappa shape index (κ2) is 11.7. The van der Waals surface area contributed by atoms with E-state index in [1.165, 1.54) is 6.92 Å². The van der Waals surface area contributed by atoms with Crippen LogP contribution in [-0.4, -0.2) is 54.3 Å². The lowest BCUT2D eigenvalue weighted by atomic mass is 9.84. The Morgan fingerprint density at radius 2 is 1.89 bits per heavy atom. The van der Waals surface area contributed by atoms with E-state index in [1.54, 1.807) is 24.3 Å². The van der Waals surface area contributed by atoms with Gasteiger partial charge in [-0.2, -0.15) is 0 Å². The van der Waals surface area contributed by atoms with E-state index in [-0.39, 0.29) is 35.7 Å². The van der Waals surface area contributed by atoms with E-state index < -0.39 is 0 Å². The topological polar surface area (TPSA) is 90.5 Å². The monoisotopic (exact) mass is 496 g/mol. The minimum atomic E-state index is -0.264. The summed E-state index contributed by atoms with van der Waals surface area (Å²) in [6.07, 6.45) is 4.89. The van der Waals surface area contributed by atoms with Crippen LogP contribution in [0.2, 0.25) is 5.02 Å². The summed E-state index contributed by atoms with van der Waals surface area (Å²) in [5.74, 6) is 0.278. The number of hydrogen-bond donors (Lipinski definition) is 3. The smallest absolute Gasteiger partial charge is 0.319 e. The number of halogens is 1. The first kappa shape index (κ1) is 25.2. The fourth-order valence-electron chi connectivity index (χ4n) is 5.16. The molecule has 2 aromatic carbocycles. The van der Waals surface area contributed by atoms with E-state index in [4.69, 9.17) is 11.6 Å². The molecule has 0 unspecified atom stereocenters. The van der Waals surface area contributed by atoms with Gasteiger partial charge >= 0.3 is 6.03 Å². The van der Waals surface area contributed by atoms with Crippen LogP contribution in [0, 0.1) is 5.92 Å². The summed E-state index contributed by atoms with van der Waals surface area (Å²) in [5.41, 5.74) is 2.31. The standard InChI is InChI=1S/C27H33ClN4O3/c1-18(33)20-6-4-7-23(14-20)30-27(35)31-25-8-3-2-5-21(25)15-32-16-24(29-26(34)17-32)13-19-9-11-22(28)12-10-19/h4,6-7,9-12,14,21,24-25H,2-3,5,8,13,15-17H2,1H3,(H,29,34)(H2,30,31,35)/t21-,24-,25+/m0/s1. The fourth-order valence-corrected chi connectivity index (χ4v) is 5.28. The third-order valence-electron chi connectivity index (χ3n) is 6.85. The number of hydrogen-bond acceptors (Lipinski definition) is 4. The van der Waals surface area contributed by atoms with Crippen molar-refractivity contribution in [3.63, 3.8) is 0 Å². The van der Waals surface area contributed by atoms with Crippen molar-refractivity contribution in [2.24, 2.45) is 5.92 Å². The minimum Gasteiger partial charge on any atom is -0.351 e. The molecule has 2 fully saturated rings. The van der Waals surface area contributed by atoms with Crippen molar-refractivity contribution in [2.75, 3.05) is 25.0 Å². The number of carbonyl (C=O) groups is 3. The molecular weight excluding hydrogens is 464 g/mol. The van der Waals surface area contributed by atoms with Crippen LogP contribution in [0.15, 0.2) is 48.5 Å². The van der Waals surface area contributed by atoms with Gasteiger partial charge in [0.25, 0.3) is 0 Å². The zero-order valence-corrected chi connectivity index (χ0v) is 20.8. The maximum Gasteiger partial charge on any atom is 0.319 e. The van der Waals surface area contributed by atoms with Crippen molar-refractivity contribution in [3.05, 3.63) is 64.7 Å². The highest BCUT2D eigenvalue weighted by atomic mass is 35.5. The fraction of sp³-hybridized carbons (Fsp3) is 0.444. The van der Waals surface area contributed by atoms with Gasteiger partial charge in [-0.15, -0.1) is 0 Å². The lowest BCUT2D eigenvalue weighted by molar-refractivity contribution is -0.125. The van der Waals surface area contributed by atoms with Gasteiger partial charge in [0, 0.05) is 41.4 Å². The molecule has 4 rings (SSSR count). The van der Waals surface area contributed by atoms with Crippen molar-refractivity contribution in [3.8, 4) is 0 Å². The Morgan fingerprint density at radius 1 is 1.11 bits per heavy atom. The number of nitrogens with one attached hydrogen (secondary N) is 3. The van der Waals surface area contributed by atoms with Gasteiger partial charge in [-0.05, 0) is 61.9 Å². The van der Waals surface area contributed by atoms with Gasteiger partial charge in [-0.3, -0.25) is 14.5 Å². The summed E-state index contributed by atoms with van der Waals surface area (Å²) >= 11 is 6.00. The first-order chi connectivity index (χ1) is 16.9. The first-order valence-corrected chi connectivity index (χ1v) is 12.7. The summed E-state index contributed by atoms with van der Waals surface area (Å²) in [6.45, 7) is 3.44. The molecule has 7 nitrogen and oxygen atoms in total. The summed E-state index contributed by atoms with van der Waals surface area (Å²) in [6, 6.07) is 14.5. The Kier molecular flexibility index (Phi) is 8.42. The molecule has 1 heterocycles. The van der Waals surface area contributed by atoms with Gasteiger partial charge in [0.1, 0.15) is 0 Å². The van der Waals surface area contributed by atoms with E-state index in [1.807, 2.05) is 24.3 Å². The van der Waals surface area contributed by atoms with Gasteiger partial charge in [0.2, 0.25) is 5.91 Å². The van der Waals surface area contributed by atoms with Gasteiger partial charge in [0.05, 0.1) is 6.54 Å². The quantitative estimate of drug-likeness (QED) is 0.499. The van der Waals surface area contributed by atoms with Gasteiger partial charge in [-0.1, -0.05) is 48.7 Å². The number of Topliss-reactive ketones (excluding diaryl/α,β-unsaturated/α-hetero) is 1. The molecule has 2 aliphatic rings. The Labute approximate surface area is 211 Å². The zero-order chi connectivity index (χ0) is 24.8. The van der Waals surface area contributed by atoms with Crippen molar-refractivity contribution in [2.45, 2.75) is 51.1 Å². The minimum absolute atomic E-state index is 0.0404. The highest BCUT2D eigenvalue weighted by Gasteiger charge is 2.32. The normalized spacial score (nSPS) is 22.8. The maximum atomic E-state index is 12.7. The molecule has 8 heteroatoms. The highest BCUT2D eigenvalue weighted by molar-refractivity contribution is 6.30. The number of ketones is 1. The second-order valence-corrected chi connectivity index (χ2v) is 10.1. The first-order valence-electron chi connectivity index (χ1n) is 12.3. The maximum absolute atomic E-state index is 12.7. The number of rotatable bonds is 7. The second-order valence-electron chi connectivity index (χ2n) is 9.68. The molecule has 0 aromatic heterocycles. The molecule has 1 aliphatic heterocycles. The summed E-state index contributed by atoms with van der Waals surface area (Å²) in [7, 11) is 0. The van der Waals surface area contributed by atoms with Crippen LogP contribution in [-0.2, 0) is 11.2 Å². The summed E-state index contributed by atoms with van der Waals surface area (Å²) < 4.78 is 0. The third-order valence-corrected chi connectivity index (χ3v) is 7.10. The van der Waals surface area contributed by atoms with Crippen LogP contribution >= 0.6 is 11.6 Å². The average molecular weight is 497 g/mol. The Hall–Kier alpha value is -2.90. The van der Waals surface area contributed by atoms with Crippen molar-refractivity contribution in [1.82, 2.24) is 15.5 Å². The van der Waals surface area contributed by atoms with Crippen molar-refractivity contribution >= 4 is 35.0 Å². The lowest BCUT2D eigenvalue weighted by Crippen LogP contribution is -2.57. The van der Waals surface area contributed by atoms with Crippen LogP contribution < -0.4 is 16.0 Å². The molecule has 1 saturated carbocycles.